The average Bonchev–Trinajstić information content (AvgIpc) is 2.39. The lowest BCUT2D eigenvalue weighted by Gasteiger charge is -2.45. The highest BCUT2D eigenvalue weighted by atomic mass is 16.2. The van der Waals surface area contributed by atoms with E-state index in [0.29, 0.717) is 0 Å². The van der Waals surface area contributed by atoms with Crippen molar-refractivity contribution in [2.75, 3.05) is 18.4 Å². The van der Waals surface area contributed by atoms with E-state index in [4.69, 9.17) is 5.73 Å². The van der Waals surface area contributed by atoms with Gasteiger partial charge in [0.25, 0.3) is 0 Å². The normalized spacial score (nSPS) is 21.2. The molecule has 96 valence electrons. The van der Waals surface area contributed by atoms with Gasteiger partial charge in [-0.25, -0.2) is 4.79 Å². The molecule has 1 aromatic carbocycles. The van der Waals surface area contributed by atoms with Gasteiger partial charge in [0.1, 0.15) is 0 Å². The standard InChI is InChI=1S/C14H19N3O/c15-13(18)17-9-7-14(8-10-17)6-5-11-3-1-2-4-12(11)16-14/h1-4,16H,5-10H2,(H2,15,18). The Labute approximate surface area is 107 Å². The van der Waals surface area contributed by atoms with Crippen LogP contribution < -0.4 is 11.1 Å². The fraction of sp³-hybridized carbons (Fsp3) is 0.500. The van der Waals surface area contributed by atoms with E-state index in [0.717, 1.165) is 38.8 Å². The molecule has 4 nitrogen and oxygen atoms in total. The first-order valence-electron chi connectivity index (χ1n) is 6.59. The molecule has 4 heteroatoms. The van der Waals surface area contributed by atoms with Gasteiger partial charge in [-0.15, -0.1) is 0 Å². The second-order valence-electron chi connectivity index (χ2n) is 5.39. The second kappa shape index (κ2) is 4.19. The highest BCUT2D eigenvalue weighted by molar-refractivity contribution is 5.72. The SMILES string of the molecule is NC(=O)N1CCC2(CCc3ccccc3N2)CC1. The monoisotopic (exact) mass is 245 g/mol. The van der Waals surface area contributed by atoms with Gasteiger partial charge in [0.15, 0.2) is 0 Å². The Morgan fingerprint density at radius 3 is 2.67 bits per heavy atom. The van der Waals surface area contributed by atoms with Gasteiger partial charge >= 0.3 is 6.03 Å². The number of rotatable bonds is 0. The van der Waals surface area contributed by atoms with E-state index < -0.39 is 0 Å². The van der Waals surface area contributed by atoms with Gasteiger partial charge in [0.05, 0.1) is 0 Å². The van der Waals surface area contributed by atoms with Crippen molar-refractivity contribution in [3.05, 3.63) is 29.8 Å². The summed E-state index contributed by atoms with van der Waals surface area (Å²) in [5.41, 5.74) is 8.16. The molecule has 2 aliphatic heterocycles. The van der Waals surface area contributed by atoms with Gasteiger partial charge in [-0.3, -0.25) is 0 Å². The summed E-state index contributed by atoms with van der Waals surface area (Å²) in [6.45, 7) is 1.54. The predicted octanol–water partition coefficient (Wildman–Crippen LogP) is 1.96. The maximum atomic E-state index is 11.2. The summed E-state index contributed by atoms with van der Waals surface area (Å²) in [6.07, 6.45) is 4.25. The van der Waals surface area contributed by atoms with Crippen LogP contribution in [-0.2, 0) is 6.42 Å². The molecule has 0 bridgehead atoms. The van der Waals surface area contributed by atoms with Crippen molar-refractivity contribution >= 4 is 11.7 Å². The molecule has 1 fully saturated rings. The first kappa shape index (κ1) is 11.4. The van der Waals surface area contributed by atoms with Crippen LogP contribution >= 0.6 is 0 Å². The van der Waals surface area contributed by atoms with E-state index in [1.54, 1.807) is 4.90 Å². The van der Waals surface area contributed by atoms with Gasteiger partial charge in [-0.05, 0) is 37.3 Å². The highest BCUT2D eigenvalue weighted by Crippen LogP contribution is 2.37. The number of nitrogens with two attached hydrogens (primary N) is 1. The Balaban J connectivity index is 1.74. The molecule has 0 atom stereocenters. The number of carbonyl (C=O) groups excluding carboxylic acids is 1. The number of likely N-dealkylation sites (tertiary alicyclic amines) is 1. The molecule has 0 radical (unpaired) electrons. The molecule has 2 amide bonds. The number of anilines is 1. The van der Waals surface area contributed by atoms with Crippen molar-refractivity contribution in [1.82, 2.24) is 4.90 Å². The number of piperidine rings is 1. The summed E-state index contributed by atoms with van der Waals surface area (Å²) < 4.78 is 0. The molecule has 2 aliphatic rings. The topological polar surface area (TPSA) is 58.4 Å². The molecular weight excluding hydrogens is 226 g/mol. The summed E-state index contributed by atoms with van der Waals surface area (Å²) in [4.78, 5) is 12.9. The number of nitrogens with one attached hydrogen (secondary N) is 1. The molecule has 2 heterocycles. The van der Waals surface area contributed by atoms with E-state index in [1.165, 1.54) is 11.3 Å². The number of urea groups is 1. The van der Waals surface area contributed by atoms with Crippen LogP contribution in [0.3, 0.4) is 0 Å². The third-order valence-corrected chi connectivity index (χ3v) is 4.32. The summed E-state index contributed by atoms with van der Waals surface area (Å²) in [6, 6.07) is 8.21. The minimum Gasteiger partial charge on any atom is -0.379 e. The van der Waals surface area contributed by atoms with Crippen LogP contribution in [0.25, 0.3) is 0 Å². The van der Waals surface area contributed by atoms with Crippen molar-refractivity contribution < 1.29 is 4.79 Å². The highest BCUT2D eigenvalue weighted by Gasteiger charge is 2.37. The molecule has 0 aromatic heterocycles. The van der Waals surface area contributed by atoms with E-state index in [-0.39, 0.29) is 11.6 Å². The van der Waals surface area contributed by atoms with Crippen molar-refractivity contribution in [2.24, 2.45) is 5.73 Å². The van der Waals surface area contributed by atoms with Crippen molar-refractivity contribution in [3.63, 3.8) is 0 Å². The quantitative estimate of drug-likeness (QED) is 0.734. The molecule has 0 aliphatic carbocycles. The summed E-state index contributed by atoms with van der Waals surface area (Å²) >= 11 is 0. The van der Waals surface area contributed by atoms with Crippen LogP contribution in [0.5, 0.6) is 0 Å². The number of hydrogen-bond acceptors (Lipinski definition) is 2. The second-order valence-corrected chi connectivity index (χ2v) is 5.39. The number of fused-ring (bicyclic) bond motifs is 1. The van der Waals surface area contributed by atoms with Crippen LogP contribution in [0.15, 0.2) is 24.3 Å². The number of benzene rings is 1. The summed E-state index contributed by atoms with van der Waals surface area (Å²) in [5.74, 6) is 0. The molecule has 3 rings (SSSR count). The lowest BCUT2D eigenvalue weighted by Crippen LogP contribution is -2.53. The van der Waals surface area contributed by atoms with Gasteiger partial charge in [-0.2, -0.15) is 0 Å². The Morgan fingerprint density at radius 1 is 1.22 bits per heavy atom. The van der Waals surface area contributed by atoms with Crippen LogP contribution in [0.1, 0.15) is 24.8 Å². The number of aryl methyl sites for hydroxylation is 1. The Bertz CT molecular complexity index is 464. The van der Waals surface area contributed by atoms with E-state index in [2.05, 4.69) is 29.6 Å². The van der Waals surface area contributed by atoms with E-state index in [9.17, 15) is 4.79 Å². The Morgan fingerprint density at radius 2 is 1.94 bits per heavy atom. The Kier molecular flexibility index (Phi) is 2.65. The van der Waals surface area contributed by atoms with Crippen LogP contribution in [0.2, 0.25) is 0 Å². The molecule has 0 saturated carbocycles. The minimum atomic E-state index is -0.291. The molecule has 1 saturated heterocycles. The first-order valence-corrected chi connectivity index (χ1v) is 6.59. The lowest BCUT2D eigenvalue weighted by molar-refractivity contribution is 0.168. The van der Waals surface area contributed by atoms with Crippen LogP contribution in [0, 0.1) is 0 Å². The lowest BCUT2D eigenvalue weighted by atomic mass is 9.79. The summed E-state index contributed by atoms with van der Waals surface area (Å²) in [7, 11) is 0. The third-order valence-electron chi connectivity index (χ3n) is 4.32. The largest absolute Gasteiger partial charge is 0.379 e. The number of para-hydroxylation sites is 1. The zero-order valence-electron chi connectivity index (χ0n) is 10.5. The van der Waals surface area contributed by atoms with Gasteiger partial charge in [-0.1, -0.05) is 18.2 Å². The van der Waals surface area contributed by atoms with Gasteiger partial charge < -0.3 is 16.0 Å². The van der Waals surface area contributed by atoms with Crippen molar-refractivity contribution in [3.8, 4) is 0 Å². The van der Waals surface area contributed by atoms with Gasteiger partial charge in [0, 0.05) is 24.3 Å². The molecule has 3 N–H and O–H groups in total. The number of primary amides is 1. The Hall–Kier alpha value is -1.71. The average molecular weight is 245 g/mol. The van der Waals surface area contributed by atoms with Crippen LogP contribution in [0.4, 0.5) is 10.5 Å². The maximum Gasteiger partial charge on any atom is 0.314 e. The zero-order valence-corrected chi connectivity index (χ0v) is 10.5. The van der Waals surface area contributed by atoms with E-state index in [1.807, 2.05) is 0 Å². The number of amides is 2. The number of hydrogen-bond donors (Lipinski definition) is 2. The predicted molar refractivity (Wildman–Crippen MR) is 71.5 cm³/mol. The molecule has 18 heavy (non-hydrogen) atoms. The first-order chi connectivity index (χ1) is 8.69. The van der Waals surface area contributed by atoms with Crippen molar-refractivity contribution in [1.29, 1.82) is 0 Å². The number of nitrogens with zero attached hydrogens (tertiary/aromatic N) is 1. The molecule has 0 unspecified atom stereocenters. The van der Waals surface area contributed by atoms with Gasteiger partial charge in [0.2, 0.25) is 0 Å². The molecule has 1 spiro atoms. The third kappa shape index (κ3) is 1.92. The zero-order chi connectivity index (χ0) is 12.6. The van der Waals surface area contributed by atoms with Crippen LogP contribution in [-0.4, -0.2) is 29.6 Å². The number of carbonyl (C=O) groups is 1. The minimum absolute atomic E-state index is 0.167. The van der Waals surface area contributed by atoms with E-state index >= 15 is 0 Å². The maximum absolute atomic E-state index is 11.2. The molecular formula is C14H19N3O. The molecule has 1 aromatic rings. The smallest absolute Gasteiger partial charge is 0.314 e. The fourth-order valence-electron chi connectivity index (χ4n) is 3.11. The van der Waals surface area contributed by atoms with Crippen molar-refractivity contribution in [2.45, 2.75) is 31.2 Å². The fourth-order valence-corrected chi connectivity index (χ4v) is 3.11. The summed E-state index contributed by atoms with van der Waals surface area (Å²) in [5, 5.41) is 3.69.